The molecule has 1 fully saturated rings. The van der Waals surface area contributed by atoms with Gasteiger partial charge in [0.25, 0.3) is 0 Å². The number of piperidine rings is 1. The Labute approximate surface area is 186 Å². The summed E-state index contributed by atoms with van der Waals surface area (Å²) in [5, 5.41) is 10.1. The lowest BCUT2D eigenvalue weighted by Gasteiger charge is -2.38. The highest BCUT2D eigenvalue weighted by atomic mass is 35.5. The van der Waals surface area contributed by atoms with Crippen molar-refractivity contribution in [3.8, 4) is 11.5 Å². The molecule has 5 nitrogen and oxygen atoms in total. The van der Waals surface area contributed by atoms with Crippen LogP contribution in [0.2, 0.25) is 10.0 Å². The molecule has 0 radical (unpaired) electrons. The largest absolute Gasteiger partial charge is 0.492 e. The lowest BCUT2D eigenvalue weighted by atomic mass is 9.74. The van der Waals surface area contributed by atoms with Crippen molar-refractivity contribution in [1.29, 1.82) is 0 Å². The molecular formula is C23H25Cl2NO4. The highest BCUT2D eigenvalue weighted by Gasteiger charge is 2.43. The fraction of sp³-hybridized carbons (Fsp3) is 0.435. The van der Waals surface area contributed by atoms with Crippen LogP contribution in [0.5, 0.6) is 11.5 Å². The van der Waals surface area contributed by atoms with Crippen LogP contribution in [0.4, 0.5) is 0 Å². The first-order valence-corrected chi connectivity index (χ1v) is 11.0. The highest BCUT2D eigenvalue weighted by molar-refractivity contribution is 6.36. The molecule has 0 amide bonds. The second kappa shape index (κ2) is 8.66. The number of aliphatic carboxylic acids is 1. The number of ether oxygens (including phenoxy) is 2. The number of carboxylic acid groups (broad SMARTS) is 1. The van der Waals surface area contributed by atoms with Gasteiger partial charge in [-0.2, -0.15) is 0 Å². The van der Waals surface area contributed by atoms with Crippen molar-refractivity contribution in [3.63, 3.8) is 0 Å². The molecule has 2 aliphatic heterocycles. The van der Waals surface area contributed by atoms with Crippen molar-refractivity contribution in [2.75, 3.05) is 26.2 Å². The maximum Gasteiger partial charge on any atom is 0.304 e. The van der Waals surface area contributed by atoms with Crippen molar-refractivity contribution < 1.29 is 19.4 Å². The van der Waals surface area contributed by atoms with Gasteiger partial charge in [0.15, 0.2) is 0 Å². The summed E-state index contributed by atoms with van der Waals surface area (Å²) in [7, 11) is 0. The van der Waals surface area contributed by atoms with Crippen LogP contribution in [0.15, 0.2) is 36.4 Å². The van der Waals surface area contributed by atoms with Gasteiger partial charge >= 0.3 is 5.97 Å². The molecule has 0 saturated carbocycles. The van der Waals surface area contributed by atoms with E-state index < -0.39 is 5.97 Å². The quantitative estimate of drug-likeness (QED) is 0.645. The number of likely N-dealkylation sites (tertiary alicyclic amines) is 1. The maximum absolute atomic E-state index is 10.8. The Morgan fingerprint density at radius 3 is 2.60 bits per heavy atom. The highest BCUT2D eigenvalue weighted by Crippen LogP contribution is 2.47. The second-order valence-electron chi connectivity index (χ2n) is 8.11. The van der Waals surface area contributed by atoms with Gasteiger partial charge in [0.05, 0.1) is 13.0 Å². The molecule has 2 aromatic rings. The Kier molecular flexibility index (Phi) is 6.14. The Morgan fingerprint density at radius 1 is 1.23 bits per heavy atom. The zero-order chi connectivity index (χ0) is 21.3. The summed E-state index contributed by atoms with van der Waals surface area (Å²) in [6.45, 7) is 4.96. The van der Waals surface area contributed by atoms with Gasteiger partial charge in [-0.3, -0.25) is 4.79 Å². The van der Waals surface area contributed by atoms with Crippen molar-refractivity contribution in [2.24, 2.45) is 0 Å². The Bertz CT molecular complexity index is 921. The summed E-state index contributed by atoms with van der Waals surface area (Å²) in [4.78, 5) is 13.0. The van der Waals surface area contributed by atoms with Gasteiger partial charge in [-0.25, -0.2) is 0 Å². The van der Waals surface area contributed by atoms with Gasteiger partial charge in [-0.15, -0.1) is 0 Å². The number of benzene rings is 2. The topological polar surface area (TPSA) is 59.0 Å². The molecule has 2 heterocycles. The average molecular weight is 450 g/mol. The minimum Gasteiger partial charge on any atom is -0.492 e. The summed E-state index contributed by atoms with van der Waals surface area (Å²) >= 11 is 12.6. The van der Waals surface area contributed by atoms with Crippen molar-refractivity contribution in [2.45, 2.75) is 37.7 Å². The predicted molar refractivity (Wildman–Crippen MR) is 117 cm³/mol. The standard InChI is InChI=1S/C23H25Cl2NO4/c1-15(22-18(24)3-2-4-19(22)25)30-16-5-6-17-20(13-16)29-14-23(17)8-11-26(12-9-23)10-7-21(27)28/h2-6,13,15H,7-12,14H2,1H3,(H,27,28). The molecule has 7 heteroatoms. The molecular weight excluding hydrogens is 425 g/mol. The number of rotatable bonds is 6. The van der Waals surface area contributed by atoms with E-state index in [-0.39, 0.29) is 17.9 Å². The van der Waals surface area contributed by atoms with E-state index in [1.807, 2.05) is 25.1 Å². The molecule has 1 saturated heterocycles. The summed E-state index contributed by atoms with van der Waals surface area (Å²) in [6, 6.07) is 11.5. The van der Waals surface area contributed by atoms with Crippen molar-refractivity contribution in [1.82, 2.24) is 4.90 Å². The molecule has 0 bridgehead atoms. The van der Waals surface area contributed by atoms with Gasteiger partial charge in [-0.05, 0) is 51.1 Å². The van der Waals surface area contributed by atoms with Gasteiger partial charge < -0.3 is 19.5 Å². The van der Waals surface area contributed by atoms with Crippen LogP contribution in [-0.4, -0.2) is 42.2 Å². The number of hydrogen-bond donors (Lipinski definition) is 1. The van der Waals surface area contributed by atoms with Crippen LogP contribution in [0, 0.1) is 0 Å². The maximum atomic E-state index is 10.8. The summed E-state index contributed by atoms with van der Waals surface area (Å²) in [5.74, 6) is 0.835. The number of fused-ring (bicyclic) bond motifs is 2. The van der Waals surface area contributed by atoms with Gasteiger partial charge in [0.1, 0.15) is 17.6 Å². The first-order valence-electron chi connectivity index (χ1n) is 10.2. The van der Waals surface area contributed by atoms with Crippen LogP contribution < -0.4 is 9.47 Å². The van der Waals surface area contributed by atoms with E-state index in [1.165, 1.54) is 5.56 Å². The Balaban J connectivity index is 1.45. The molecule has 160 valence electrons. The van der Waals surface area contributed by atoms with Gasteiger partial charge in [0, 0.05) is 39.2 Å². The van der Waals surface area contributed by atoms with E-state index in [4.69, 9.17) is 37.8 Å². The van der Waals surface area contributed by atoms with Crippen LogP contribution in [-0.2, 0) is 10.2 Å². The van der Waals surface area contributed by atoms with Gasteiger partial charge in [-0.1, -0.05) is 35.3 Å². The Morgan fingerprint density at radius 2 is 1.93 bits per heavy atom. The smallest absolute Gasteiger partial charge is 0.304 e. The summed E-state index contributed by atoms with van der Waals surface area (Å²) in [6.07, 6.45) is 1.82. The molecule has 1 unspecified atom stereocenters. The average Bonchev–Trinajstić information content (AvgIpc) is 3.05. The number of carbonyl (C=O) groups is 1. The molecule has 1 atom stereocenters. The zero-order valence-electron chi connectivity index (χ0n) is 16.9. The van der Waals surface area contributed by atoms with E-state index >= 15 is 0 Å². The van der Waals surface area contributed by atoms with Crippen molar-refractivity contribution in [3.05, 3.63) is 57.6 Å². The molecule has 1 N–H and O–H groups in total. The van der Waals surface area contributed by atoms with E-state index in [2.05, 4.69) is 11.0 Å². The third-order valence-electron chi connectivity index (χ3n) is 6.20. The minimum atomic E-state index is -0.746. The SMILES string of the molecule is CC(Oc1ccc2c(c1)OCC21CCN(CCC(=O)O)CC1)c1c(Cl)cccc1Cl. The van der Waals surface area contributed by atoms with Gasteiger partial charge in [0.2, 0.25) is 0 Å². The van der Waals surface area contributed by atoms with Crippen LogP contribution in [0.1, 0.15) is 43.4 Å². The second-order valence-corrected chi connectivity index (χ2v) is 8.92. The molecule has 2 aromatic carbocycles. The number of nitrogens with zero attached hydrogens (tertiary/aromatic N) is 1. The molecule has 0 aromatic heterocycles. The number of halogens is 2. The number of hydrogen-bond acceptors (Lipinski definition) is 4. The molecule has 2 aliphatic rings. The van der Waals surface area contributed by atoms with Crippen LogP contribution in [0.3, 0.4) is 0 Å². The van der Waals surface area contributed by atoms with Crippen molar-refractivity contribution >= 4 is 29.2 Å². The Hall–Kier alpha value is -1.95. The normalized spacial score (nSPS) is 18.6. The van der Waals surface area contributed by atoms with E-state index in [1.54, 1.807) is 12.1 Å². The zero-order valence-corrected chi connectivity index (χ0v) is 18.4. The predicted octanol–water partition coefficient (Wildman–Crippen LogP) is 5.33. The monoisotopic (exact) mass is 449 g/mol. The molecule has 1 spiro atoms. The lowest BCUT2D eigenvalue weighted by molar-refractivity contribution is -0.137. The van der Waals surface area contributed by atoms with E-state index in [0.29, 0.717) is 28.9 Å². The minimum absolute atomic E-state index is 0.00521. The number of carboxylic acids is 1. The fourth-order valence-corrected chi connectivity index (χ4v) is 5.17. The molecule has 0 aliphatic carbocycles. The third-order valence-corrected chi connectivity index (χ3v) is 6.86. The third kappa shape index (κ3) is 4.25. The van der Waals surface area contributed by atoms with Crippen LogP contribution in [0.25, 0.3) is 0 Å². The van der Waals surface area contributed by atoms with E-state index in [9.17, 15) is 4.79 Å². The first-order chi connectivity index (χ1) is 14.4. The molecule has 30 heavy (non-hydrogen) atoms. The lowest BCUT2D eigenvalue weighted by Crippen LogP contribution is -2.44. The first kappa shape index (κ1) is 21.3. The fourth-order valence-electron chi connectivity index (χ4n) is 4.46. The molecule has 4 rings (SSSR count). The summed E-state index contributed by atoms with van der Waals surface area (Å²) in [5.41, 5.74) is 1.99. The summed E-state index contributed by atoms with van der Waals surface area (Å²) < 4.78 is 12.2. The van der Waals surface area contributed by atoms with Crippen LogP contribution >= 0.6 is 23.2 Å². The van der Waals surface area contributed by atoms with E-state index in [0.717, 1.165) is 37.2 Å².